The molecule has 2 heterocycles. The van der Waals surface area contributed by atoms with Crippen molar-refractivity contribution < 1.29 is 14.3 Å². The number of cyclic esters (lactones) is 1. The third kappa shape index (κ3) is 4.75. The Morgan fingerprint density at radius 3 is 2.48 bits per heavy atom. The minimum atomic E-state index is -0.226. The molecule has 5 heteroatoms. The molecular weight excluding hydrogens is 340 g/mol. The van der Waals surface area contributed by atoms with E-state index >= 15 is 0 Å². The van der Waals surface area contributed by atoms with Gasteiger partial charge in [-0.15, -0.1) is 0 Å². The number of ether oxygens (including phenoxy) is 2. The van der Waals surface area contributed by atoms with Gasteiger partial charge in [0.2, 0.25) is 0 Å². The van der Waals surface area contributed by atoms with Crippen LogP contribution in [0.25, 0.3) is 0 Å². The predicted octanol–water partition coefficient (Wildman–Crippen LogP) is 3.97. The maximum Gasteiger partial charge on any atom is 0.312 e. The fraction of sp³-hybridized carbons (Fsp3) is 0.682. The molecule has 0 spiro atoms. The van der Waals surface area contributed by atoms with Crippen LogP contribution in [0, 0.1) is 5.41 Å². The highest BCUT2D eigenvalue weighted by Gasteiger charge is 2.46. The highest BCUT2D eigenvalue weighted by molar-refractivity contribution is 5.78. The summed E-state index contributed by atoms with van der Waals surface area (Å²) in [6.07, 6.45) is 3.71. The Morgan fingerprint density at radius 2 is 1.89 bits per heavy atom. The molecule has 3 rings (SSSR count). The lowest BCUT2D eigenvalue weighted by Gasteiger charge is -2.36. The van der Waals surface area contributed by atoms with Crippen LogP contribution in [0.5, 0.6) is 5.75 Å². The van der Waals surface area contributed by atoms with Gasteiger partial charge in [-0.3, -0.25) is 9.69 Å². The van der Waals surface area contributed by atoms with E-state index in [4.69, 9.17) is 9.47 Å². The number of carbonyl (C=O) groups excluding carboxylic acids is 1. The van der Waals surface area contributed by atoms with Crippen molar-refractivity contribution in [3.63, 3.8) is 0 Å². The fourth-order valence-electron chi connectivity index (χ4n) is 4.19. The van der Waals surface area contributed by atoms with E-state index in [-0.39, 0.29) is 24.9 Å². The molecular formula is C22H36N2O3. The first-order valence-corrected chi connectivity index (χ1v) is 9.92. The summed E-state index contributed by atoms with van der Waals surface area (Å²) in [5, 5.41) is 0. The van der Waals surface area contributed by atoms with Gasteiger partial charge in [0, 0.05) is 50.9 Å². The molecule has 0 aromatic heterocycles. The van der Waals surface area contributed by atoms with Gasteiger partial charge in [0.15, 0.2) is 0 Å². The molecule has 1 aromatic carbocycles. The summed E-state index contributed by atoms with van der Waals surface area (Å²) in [6.45, 7) is 9.34. The molecule has 27 heavy (non-hydrogen) atoms. The largest absolute Gasteiger partial charge is 0.497 e. The van der Waals surface area contributed by atoms with Gasteiger partial charge in [0.1, 0.15) is 11.9 Å². The van der Waals surface area contributed by atoms with Crippen LogP contribution in [0.4, 0.5) is 5.69 Å². The van der Waals surface area contributed by atoms with Crippen LogP contribution in [0.15, 0.2) is 24.3 Å². The smallest absolute Gasteiger partial charge is 0.312 e. The molecule has 1 atom stereocenters. The molecule has 2 aliphatic rings. The number of esters is 1. The molecule has 1 aromatic rings. The van der Waals surface area contributed by atoms with Gasteiger partial charge < -0.3 is 14.4 Å². The average Bonchev–Trinajstić information content (AvgIpc) is 3.03. The van der Waals surface area contributed by atoms with Crippen molar-refractivity contribution in [2.45, 2.75) is 53.1 Å². The number of anilines is 1. The van der Waals surface area contributed by atoms with Crippen LogP contribution >= 0.6 is 0 Å². The summed E-state index contributed by atoms with van der Waals surface area (Å²) in [7, 11) is 1.71. The number of hydrogen-bond donors (Lipinski definition) is 0. The number of piperazine rings is 1. The molecule has 2 saturated heterocycles. The first-order valence-electron chi connectivity index (χ1n) is 9.92. The maximum atomic E-state index is 12.2. The second kappa shape index (κ2) is 9.45. The molecule has 0 N–H and O–H groups in total. The minimum Gasteiger partial charge on any atom is -0.497 e. The molecule has 1 unspecified atom stereocenters. The van der Waals surface area contributed by atoms with Crippen molar-refractivity contribution in [3.05, 3.63) is 24.3 Å². The minimum absolute atomic E-state index is 0. The van der Waals surface area contributed by atoms with Gasteiger partial charge >= 0.3 is 5.97 Å². The van der Waals surface area contributed by atoms with Crippen molar-refractivity contribution in [1.29, 1.82) is 0 Å². The van der Waals surface area contributed by atoms with Gasteiger partial charge in [-0.25, -0.2) is 0 Å². The Hall–Kier alpha value is -1.75. The van der Waals surface area contributed by atoms with E-state index in [1.165, 1.54) is 5.69 Å². The van der Waals surface area contributed by atoms with Crippen LogP contribution in [0.3, 0.4) is 0 Å². The third-order valence-electron chi connectivity index (χ3n) is 6.24. The molecule has 152 valence electrons. The quantitative estimate of drug-likeness (QED) is 0.674. The summed E-state index contributed by atoms with van der Waals surface area (Å²) < 4.78 is 11.0. The van der Waals surface area contributed by atoms with E-state index in [2.05, 4.69) is 35.8 Å². The van der Waals surface area contributed by atoms with Crippen molar-refractivity contribution >= 4 is 11.7 Å². The fourth-order valence-corrected chi connectivity index (χ4v) is 4.19. The molecule has 0 bridgehead atoms. The van der Waals surface area contributed by atoms with E-state index in [1.807, 2.05) is 12.1 Å². The SMILES string of the molecule is C.CCC1(CC)CC(CCN2CCN(c3cccc(OC)c3)CC2)OC1=O. The molecule has 0 aliphatic carbocycles. The second-order valence-electron chi connectivity index (χ2n) is 7.54. The number of hydrogen-bond acceptors (Lipinski definition) is 5. The van der Waals surface area contributed by atoms with Gasteiger partial charge in [-0.05, 0) is 31.4 Å². The topological polar surface area (TPSA) is 42.0 Å². The van der Waals surface area contributed by atoms with Gasteiger partial charge in [0.25, 0.3) is 0 Å². The number of benzene rings is 1. The molecule has 0 amide bonds. The first-order chi connectivity index (χ1) is 12.6. The van der Waals surface area contributed by atoms with Crippen molar-refractivity contribution in [1.82, 2.24) is 4.90 Å². The lowest BCUT2D eigenvalue weighted by atomic mass is 9.79. The monoisotopic (exact) mass is 376 g/mol. The average molecular weight is 377 g/mol. The first kappa shape index (κ1) is 21.5. The van der Waals surface area contributed by atoms with Gasteiger partial charge in [-0.2, -0.15) is 0 Å². The Bertz CT molecular complexity index is 607. The maximum absolute atomic E-state index is 12.2. The summed E-state index contributed by atoms with van der Waals surface area (Å²) >= 11 is 0. The summed E-state index contributed by atoms with van der Waals surface area (Å²) in [4.78, 5) is 17.1. The van der Waals surface area contributed by atoms with E-state index < -0.39 is 0 Å². The number of rotatable bonds is 7. The number of methoxy groups -OCH3 is 1. The molecule has 2 fully saturated rings. The van der Waals surface area contributed by atoms with E-state index in [0.717, 1.165) is 64.2 Å². The lowest BCUT2D eigenvalue weighted by Crippen LogP contribution is -2.47. The van der Waals surface area contributed by atoms with Crippen LogP contribution < -0.4 is 9.64 Å². The zero-order valence-electron chi connectivity index (χ0n) is 16.4. The summed E-state index contributed by atoms with van der Waals surface area (Å²) in [5.74, 6) is 0.929. The van der Waals surface area contributed by atoms with Crippen LogP contribution in [0.2, 0.25) is 0 Å². The van der Waals surface area contributed by atoms with E-state index in [1.54, 1.807) is 7.11 Å². The van der Waals surface area contributed by atoms with Gasteiger partial charge in [0.05, 0.1) is 12.5 Å². The Labute approximate surface area is 164 Å². The van der Waals surface area contributed by atoms with Gasteiger partial charge in [-0.1, -0.05) is 27.3 Å². The Morgan fingerprint density at radius 1 is 1.19 bits per heavy atom. The van der Waals surface area contributed by atoms with Crippen LogP contribution in [-0.2, 0) is 9.53 Å². The summed E-state index contributed by atoms with van der Waals surface area (Å²) in [6, 6.07) is 8.27. The van der Waals surface area contributed by atoms with Crippen molar-refractivity contribution in [2.24, 2.45) is 5.41 Å². The number of nitrogens with zero attached hydrogens (tertiary/aromatic N) is 2. The molecule has 5 nitrogen and oxygen atoms in total. The second-order valence-corrected chi connectivity index (χ2v) is 7.54. The molecule has 0 radical (unpaired) electrons. The van der Waals surface area contributed by atoms with Crippen LogP contribution in [0.1, 0.15) is 47.0 Å². The van der Waals surface area contributed by atoms with Crippen molar-refractivity contribution in [3.8, 4) is 5.75 Å². The third-order valence-corrected chi connectivity index (χ3v) is 6.24. The predicted molar refractivity (Wildman–Crippen MR) is 111 cm³/mol. The lowest BCUT2D eigenvalue weighted by molar-refractivity contribution is -0.149. The zero-order valence-corrected chi connectivity index (χ0v) is 16.4. The standard InChI is InChI=1S/C21H32N2O3.CH4/c1-4-21(5-2)16-19(26-20(21)24)9-10-22-11-13-23(14-12-22)17-7-6-8-18(15-17)25-3;/h6-8,15,19H,4-5,9-14,16H2,1-3H3;1H4. The Kier molecular flexibility index (Phi) is 7.54. The van der Waals surface area contributed by atoms with Crippen molar-refractivity contribution in [2.75, 3.05) is 44.7 Å². The van der Waals surface area contributed by atoms with E-state index in [0.29, 0.717) is 0 Å². The highest BCUT2D eigenvalue weighted by atomic mass is 16.6. The molecule has 0 saturated carbocycles. The van der Waals surface area contributed by atoms with E-state index in [9.17, 15) is 4.79 Å². The zero-order chi connectivity index (χ0) is 18.6. The Balaban J connectivity index is 0.00000261. The summed E-state index contributed by atoms with van der Waals surface area (Å²) in [5.41, 5.74) is 1.000. The normalized spacial score (nSPS) is 22.3. The molecule has 2 aliphatic heterocycles. The highest BCUT2D eigenvalue weighted by Crippen LogP contribution is 2.41. The number of carbonyl (C=O) groups is 1. The van der Waals surface area contributed by atoms with Crippen LogP contribution in [-0.4, -0.2) is 56.8 Å².